The highest BCUT2D eigenvalue weighted by Gasteiger charge is 2.26. The molecule has 3 nitrogen and oxygen atoms in total. The first-order valence-electron chi connectivity index (χ1n) is 4.35. The number of carbonyl (C=O) groups is 1. The summed E-state index contributed by atoms with van der Waals surface area (Å²) in [5.41, 5.74) is 0. The molecule has 1 heterocycles. The van der Waals surface area contributed by atoms with Crippen LogP contribution in [0, 0.1) is 0 Å². The van der Waals surface area contributed by atoms with E-state index < -0.39 is 6.10 Å². The van der Waals surface area contributed by atoms with E-state index in [9.17, 15) is 4.79 Å². The van der Waals surface area contributed by atoms with Crippen LogP contribution in [-0.4, -0.2) is 35.1 Å². The zero-order valence-electron chi connectivity index (χ0n) is 7.36. The molecule has 0 bridgehead atoms. The Balaban J connectivity index is 2.33. The molecule has 1 unspecified atom stereocenters. The molecule has 0 spiro atoms. The Kier molecular flexibility index (Phi) is 3.29. The Bertz CT molecular complexity index is 189. The molecule has 1 aliphatic heterocycles. The van der Waals surface area contributed by atoms with Crippen LogP contribution >= 0.6 is 0 Å². The van der Waals surface area contributed by atoms with Gasteiger partial charge in [-0.15, -0.1) is 0 Å². The van der Waals surface area contributed by atoms with Crippen molar-refractivity contribution >= 4 is 5.91 Å². The van der Waals surface area contributed by atoms with Gasteiger partial charge in [-0.1, -0.05) is 19.1 Å². The van der Waals surface area contributed by atoms with Crippen LogP contribution in [0.1, 0.15) is 19.8 Å². The fourth-order valence-electron chi connectivity index (χ4n) is 1.30. The maximum absolute atomic E-state index is 11.1. The second-order valence-electron chi connectivity index (χ2n) is 3.04. The minimum absolute atomic E-state index is 0.0586. The predicted molar refractivity (Wildman–Crippen MR) is 46.6 cm³/mol. The maximum atomic E-state index is 11.1. The Morgan fingerprint density at radius 2 is 2.42 bits per heavy atom. The Morgan fingerprint density at radius 3 is 2.92 bits per heavy atom. The van der Waals surface area contributed by atoms with Crippen LogP contribution in [-0.2, 0) is 4.79 Å². The van der Waals surface area contributed by atoms with Crippen LogP contribution in [0.2, 0.25) is 0 Å². The van der Waals surface area contributed by atoms with E-state index in [1.807, 2.05) is 12.2 Å². The van der Waals surface area contributed by atoms with Crippen molar-refractivity contribution in [1.82, 2.24) is 4.90 Å². The van der Waals surface area contributed by atoms with Crippen LogP contribution in [0.5, 0.6) is 0 Å². The molecule has 0 aromatic carbocycles. The molecule has 3 heteroatoms. The Labute approximate surface area is 72.7 Å². The van der Waals surface area contributed by atoms with Crippen molar-refractivity contribution in [2.75, 3.05) is 13.1 Å². The quantitative estimate of drug-likeness (QED) is 0.627. The molecule has 0 aromatic heterocycles. The van der Waals surface area contributed by atoms with Gasteiger partial charge < -0.3 is 10.0 Å². The molecule has 1 amide bonds. The predicted octanol–water partition coefficient (Wildman–Crippen LogP) is 0.546. The molecule has 12 heavy (non-hydrogen) atoms. The van der Waals surface area contributed by atoms with Gasteiger partial charge in [0, 0.05) is 13.1 Å². The summed E-state index contributed by atoms with van der Waals surface area (Å²) in [6, 6.07) is 0. The molecule has 1 rings (SSSR count). The summed E-state index contributed by atoms with van der Waals surface area (Å²) in [7, 11) is 0. The lowest BCUT2D eigenvalue weighted by molar-refractivity contribution is -0.127. The normalized spacial score (nSPS) is 24.3. The minimum atomic E-state index is -0.451. The smallest absolute Gasteiger partial charge is 0.225 e. The fourth-order valence-corrected chi connectivity index (χ4v) is 1.30. The minimum Gasteiger partial charge on any atom is -0.391 e. The van der Waals surface area contributed by atoms with Gasteiger partial charge in [0.05, 0.1) is 12.5 Å². The van der Waals surface area contributed by atoms with E-state index in [1.165, 1.54) is 0 Å². The first-order chi connectivity index (χ1) is 5.74. The van der Waals surface area contributed by atoms with E-state index in [-0.39, 0.29) is 5.91 Å². The van der Waals surface area contributed by atoms with Gasteiger partial charge in [-0.05, 0) is 6.42 Å². The lowest BCUT2D eigenvalue weighted by atomic mass is 10.3. The van der Waals surface area contributed by atoms with Crippen LogP contribution in [0.15, 0.2) is 12.2 Å². The number of nitrogens with zero attached hydrogens (tertiary/aromatic N) is 1. The standard InChI is InChI=1S/C9H15NO2/c1-2-3-4-5-10-7-8(11)6-9(10)12/h3-4,8,11H,2,5-7H2,1H3/b4-3+. The molecule has 0 radical (unpaired) electrons. The summed E-state index contributed by atoms with van der Waals surface area (Å²) in [6.07, 6.45) is 4.82. The van der Waals surface area contributed by atoms with Crippen LogP contribution in [0.4, 0.5) is 0 Å². The first-order valence-corrected chi connectivity index (χ1v) is 4.35. The van der Waals surface area contributed by atoms with Crippen LogP contribution in [0.3, 0.4) is 0 Å². The highest BCUT2D eigenvalue weighted by atomic mass is 16.3. The number of carbonyl (C=O) groups excluding carboxylic acids is 1. The van der Waals surface area contributed by atoms with E-state index in [0.717, 1.165) is 6.42 Å². The topological polar surface area (TPSA) is 40.5 Å². The molecule has 0 aromatic rings. The van der Waals surface area contributed by atoms with Crippen LogP contribution in [0.25, 0.3) is 0 Å². The monoisotopic (exact) mass is 169 g/mol. The molecule has 0 aliphatic carbocycles. The number of likely N-dealkylation sites (tertiary alicyclic amines) is 1. The van der Waals surface area contributed by atoms with Crippen LogP contribution < -0.4 is 0 Å². The molecule has 1 fully saturated rings. The maximum Gasteiger partial charge on any atom is 0.225 e. The van der Waals surface area contributed by atoms with Crippen molar-refractivity contribution in [1.29, 1.82) is 0 Å². The molecule has 1 aliphatic rings. The summed E-state index contributed by atoms with van der Waals surface area (Å²) < 4.78 is 0. The summed E-state index contributed by atoms with van der Waals surface area (Å²) >= 11 is 0. The van der Waals surface area contributed by atoms with Gasteiger partial charge in [0.2, 0.25) is 5.91 Å². The van der Waals surface area contributed by atoms with Gasteiger partial charge in [0.25, 0.3) is 0 Å². The molecule has 1 N–H and O–H groups in total. The third-order valence-electron chi connectivity index (χ3n) is 1.92. The van der Waals surface area contributed by atoms with E-state index in [2.05, 4.69) is 6.92 Å². The zero-order chi connectivity index (χ0) is 8.97. The number of allylic oxidation sites excluding steroid dienone is 1. The van der Waals surface area contributed by atoms with Crippen molar-refractivity contribution in [3.8, 4) is 0 Å². The van der Waals surface area contributed by atoms with Crippen molar-refractivity contribution in [2.45, 2.75) is 25.9 Å². The van der Waals surface area contributed by atoms with Crippen molar-refractivity contribution in [2.24, 2.45) is 0 Å². The highest BCUT2D eigenvalue weighted by molar-refractivity contribution is 5.79. The van der Waals surface area contributed by atoms with Crippen molar-refractivity contribution < 1.29 is 9.90 Å². The molecular weight excluding hydrogens is 154 g/mol. The van der Waals surface area contributed by atoms with Crippen molar-refractivity contribution in [3.05, 3.63) is 12.2 Å². The van der Waals surface area contributed by atoms with Gasteiger partial charge in [0.1, 0.15) is 0 Å². The molecule has 1 saturated heterocycles. The zero-order valence-corrected chi connectivity index (χ0v) is 7.36. The van der Waals surface area contributed by atoms with Gasteiger partial charge in [-0.3, -0.25) is 4.79 Å². The van der Waals surface area contributed by atoms with Gasteiger partial charge in [-0.25, -0.2) is 0 Å². The highest BCUT2D eigenvalue weighted by Crippen LogP contribution is 2.09. The summed E-state index contributed by atoms with van der Waals surface area (Å²) in [6.45, 7) is 3.19. The summed E-state index contributed by atoms with van der Waals surface area (Å²) in [5, 5.41) is 9.14. The lowest BCUT2D eigenvalue weighted by Crippen LogP contribution is -2.25. The average molecular weight is 169 g/mol. The Morgan fingerprint density at radius 1 is 1.67 bits per heavy atom. The number of β-amino-alcohol motifs (C(OH)–C–C–N with tert-alkyl or cyclic N) is 1. The Hall–Kier alpha value is -0.830. The number of amides is 1. The van der Waals surface area contributed by atoms with Gasteiger partial charge in [-0.2, -0.15) is 0 Å². The molecular formula is C9H15NO2. The van der Waals surface area contributed by atoms with E-state index in [1.54, 1.807) is 4.90 Å². The van der Waals surface area contributed by atoms with E-state index in [4.69, 9.17) is 5.11 Å². The average Bonchev–Trinajstić information content (AvgIpc) is 2.31. The largest absolute Gasteiger partial charge is 0.391 e. The number of rotatable bonds is 3. The third kappa shape index (κ3) is 2.34. The lowest BCUT2D eigenvalue weighted by Gasteiger charge is -2.11. The SMILES string of the molecule is CC/C=C/CN1CC(O)CC1=O. The van der Waals surface area contributed by atoms with E-state index >= 15 is 0 Å². The summed E-state index contributed by atoms with van der Waals surface area (Å²) in [4.78, 5) is 12.8. The molecule has 0 saturated carbocycles. The van der Waals surface area contributed by atoms with Gasteiger partial charge >= 0.3 is 0 Å². The van der Waals surface area contributed by atoms with Gasteiger partial charge in [0.15, 0.2) is 0 Å². The second kappa shape index (κ2) is 4.26. The van der Waals surface area contributed by atoms with Crippen molar-refractivity contribution in [3.63, 3.8) is 0 Å². The number of aliphatic hydroxyl groups is 1. The number of aliphatic hydroxyl groups excluding tert-OH is 1. The summed E-state index contributed by atoms with van der Waals surface area (Å²) in [5.74, 6) is 0.0586. The molecule has 1 atom stereocenters. The third-order valence-corrected chi connectivity index (χ3v) is 1.92. The van der Waals surface area contributed by atoms with E-state index in [0.29, 0.717) is 19.5 Å². The number of hydrogen-bond donors (Lipinski definition) is 1. The second-order valence-corrected chi connectivity index (χ2v) is 3.04. The molecule has 68 valence electrons. The fraction of sp³-hybridized carbons (Fsp3) is 0.667. The number of hydrogen-bond acceptors (Lipinski definition) is 2. The first kappa shape index (κ1) is 9.26.